The Morgan fingerprint density at radius 1 is 1.29 bits per heavy atom. The van der Waals surface area contributed by atoms with Crippen molar-refractivity contribution in [1.29, 1.82) is 0 Å². The minimum Gasteiger partial charge on any atom is -0.493 e. The Kier molecular flexibility index (Phi) is 6.30. The molecule has 0 aromatic heterocycles. The summed E-state index contributed by atoms with van der Waals surface area (Å²) in [6, 6.07) is 2.32. The van der Waals surface area contributed by atoms with Crippen LogP contribution in [0.3, 0.4) is 0 Å². The molecular formula is C14H19ClN2O4. The quantitative estimate of drug-likeness (QED) is 0.836. The SMILES string of the molecule is CCNC(=O)[C@H](C)NC(=O)c1cc(Cl)c(OC)c(OC)c1. The lowest BCUT2D eigenvalue weighted by molar-refractivity contribution is -0.122. The number of rotatable bonds is 6. The Morgan fingerprint density at radius 3 is 2.48 bits per heavy atom. The van der Waals surface area contributed by atoms with E-state index >= 15 is 0 Å². The Morgan fingerprint density at radius 2 is 1.95 bits per heavy atom. The summed E-state index contributed by atoms with van der Waals surface area (Å²) in [5.74, 6) is 0.0299. The number of hydrogen-bond donors (Lipinski definition) is 2. The Labute approximate surface area is 128 Å². The molecule has 0 radical (unpaired) electrons. The van der Waals surface area contributed by atoms with E-state index in [0.29, 0.717) is 18.0 Å². The number of halogens is 1. The monoisotopic (exact) mass is 314 g/mol. The lowest BCUT2D eigenvalue weighted by Crippen LogP contribution is -2.44. The second-order valence-electron chi connectivity index (χ2n) is 4.28. The maximum atomic E-state index is 12.1. The van der Waals surface area contributed by atoms with Crippen molar-refractivity contribution < 1.29 is 19.1 Å². The highest BCUT2D eigenvalue weighted by Crippen LogP contribution is 2.35. The summed E-state index contributed by atoms with van der Waals surface area (Å²) in [5.41, 5.74) is 0.286. The molecule has 0 unspecified atom stereocenters. The Bertz CT molecular complexity index is 534. The Hall–Kier alpha value is -1.95. The fourth-order valence-electron chi connectivity index (χ4n) is 1.72. The number of nitrogens with one attached hydrogen (secondary N) is 2. The van der Waals surface area contributed by atoms with Gasteiger partial charge in [-0.25, -0.2) is 0 Å². The van der Waals surface area contributed by atoms with E-state index in [1.807, 2.05) is 0 Å². The predicted octanol–water partition coefficient (Wildman–Crippen LogP) is 1.61. The van der Waals surface area contributed by atoms with Gasteiger partial charge in [0.05, 0.1) is 19.2 Å². The Balaban J connectivity index is 2.93. The average molecular weight is 315 g/mol. The van der Waals surface area contributed by atoms with Crippen molar-refractivity contribution in [3.63, 3.8) is 0 Å². The fourth-order valence-corrected chi connectivity index (χ4v) is 2.01. The van der Waals surface area contributed by atoms with Crippen LogP contribution in [0.2, 0.25) is 5.02 Å². The number of benzene rings is 1. The van der Waals surface area contributed by atoms with Gasteiger partial charge in [0, 0.05) is 12.1 Å². The molecule has 0 aliphatic heterocycles. The van der Waals surface area contributed by atoms with Crippen molar-refractivity contribution in [2.24, 2.45) is 0 Å². The van der Waals surface area contributed by atoms with Crippen molar-refractivity contribution in [2.45, 2.75) is 19.9 Å². The van der Waals surface area contributed by atoms with Crippen LogP contribution >= 0.6 is 11.6 Å². The van der Waals surface area contributed by atoms with Gasteiger partial charge in [-0.3, -0.25) is 9.59 Å². The molecule has 6 nitrogen and oxygen atoms in total. The van der Waals surface area contributed by atoms with Crippen LogP contribution in [0, 0.1) is 0 Å². The van der Waals surface area contributed by atoms with Crippen LogP contribution in [0.25, 0.3) is 0 Å². The molecule has 2 N–H and O–H groups in total. The standard InChI is InChI=1S/C14H19ClN2O4/c1-5-16-13(18)8(2)17-14(19)9-6-10(15)12(21-4)11(7-9)20-3/h6-8H,5H2,1-4H3,(H,16,18)(H,17,19)/t8-/m0/s1. The van der Waals surface area contributed by atoms with Crippen molar-refractivity contribution >= 4 is 23.4 Å². The summed E-state index contributed by atoms with van der Waals surface area (Å²) >= 11 is 6.04. The van der Waals surface area contributed by atoms with Gasteiger partial charge in [-0.15, -0.1) is 0 Å². The second-order valence-corrected chi connectivity index (χ2v) is 4.69. The molecule has 2 amide bonds. The van der Waals surface area contributed by atoms with E-state index in [9.17, 15) is 9.59 Å². The van der Waals surface area contributed by atoms with Crippen molar-refractivity contribution in [1.82, 2.24) is 10.6 Å². The number of ether oxygens (including phenoxy) is 2. The van der Waals surface area contributed by atoms with E-state index in [2.05, 4.69) is 10.6 Å². The lowest BCUT2D eigenvalue weighted by atomic mass is 10.1. The zero-order valence-electron chi connectivity index (χ0n) is 12.5. The summed E-state index contributed by atoms with van der Waals surface area (Å²) in [5, 5.41) is 5.48. The molecule has 1 rings (SSSR count). The van der Waals surface area contributed by atoms with Crippen LogP contribution < -0.4 is 20.1 Å². The van der Waals surface area contributed by atoms with Gasteiger partial charge in [-0.1, -0.05) is 11.6 Å². The van der Waals surface area contributed by atoms with Gasteiger partial charge in [0.15, 0.2) is 11.5 Å². The van der Waals surface area contributed by atoms with Crippen molar-refractivity contribution in [3.8, 4) is 11.5 Å². The molecule has 1 aromatic rings. The maximum Gasteiger partial charge on any atom is 0.252 e. The van der Waals surface area contributed by atoms with Gasteiger partial charge in [-0.05, 0) is 26.0 Å². The second kappa shape index (κ2) is 7.73. The largest absolute Gasteiger partial charge is 0.493 e. The first-order chi connectivity index (χ1) is 9.94. The van der Waals surface area contributed by atoms with Crippen LogP contribution in [0.1, 0.15) is 24.2 Å². The molecule has 0 heterocycles. The van der Waals surface area contributed by atoms with Crippen LogP contribution in [0.5, 0.6) is 11.5 Å². The third-order valence-corrected chi connectivity index (χ3v) is 3.07. The zero-order valence-corrected chi connectivity index (χ0v) is 13.2. The number of likely N-dealkylation sites (N-methyl/N-ethyl adjacent to an activating group) is 1. The number of amides is 2. The van der Waals surface area contributed by atoms with Gasteiger partial charge < -0.3 is 20.1 Å². The van der Waals surface area contributed by atoms with E-state index in [1.54, 1.807) is 13.8 Å². The van der Waals surface area contributed by atoms with Gasteiger partial charge in [-0.2, -0.15) is 0 Å². The molecular weight excluding hydrogens is 296 g/mol. The molecule has 0 bridgehead atoms. The summed E-state index contributed by atoms with van der Waals surface area (Å²) in [6.45, 7) is 3.91. The predicted molar refractivity (Wildman–Crippen MR) is 80.2 cm³/mol. The fraction of sp³-hybridized carbons (Fsp3) is 0.429. The molecule has 1 aromatic carbocycles. The highest BCUT2D eigenvalue weighted by molar-refractivity contribution is 6.32. The number of methoxy groups -OCH3 is 2. The highest BCUT2D eigenvalue weighted by Gasteiger charge is 2.19. The third-order valence-electron chi connectivity index (χ3n) is 2.79. The van der Waals surface area contributed by atoms with E-state index in [0.717, 1.165) is 0 Å². The molecule has 21 heavy (non-hydrogen) atoms. The first-order valence-corrected chi connectivity index (χ1v) is 6.82. The van der Waals surface area contributed by atoms with E-state index in [1.165, 1.54) is 26.4 Å². The van der Waals surface area contributed by atoms with E-state index in [-0.39, 0.29) is 16.5 Å². The van der Waals surface area contributed by atoms with Gasteiger partial charge in [0.25, 0.3) is 5.91 Å². The van der Waals surface area contributed by atoms with Gasteiger partial charge in [0.1, 0.15) is 6.04 Å². The minimum absolute atomic E-state index is 0.252. The molecule has 1 atom stereocenters. The maximum absolute atomic E-state index is 12.1. The minimum atomic E-state index is -0.649. The summed E-state index contributed by atoms with van der Waals surface area (Å²) in [6.07, 6.45) is 0. The number of carbonyl (C=O) groups excluding carboxylic acids is 2. The molecule has 0 spiro atoms. The van der Waals surface area contributed by atoms with Crippen LogP contribution in [0.15, 0.2) is 12.1 Å². The van der Waals surface area contributed by atoms with Crippen LogP contribution in [-0.2, 0) is 4.79 Å². The van der Waals surface area contributed by atoms with Crippen LogP contribution in [0.4, 0.5) is 0 Å². The first kappa shape index (κ1) is 17.1. The molecule has 0 saturated heterocycles. The molecule has 7 heteroatoms. The average Bonchev–Trinajstić information content (AvgIpc) is 2.46. The lowest BCUT2D eigenvalue weighted by Gasteiger charge is -2.15. The summed E-state index contributed by atoms with van der Waals surface area (Å²) in [7, 11) is 2.91. The molecule has 0 fully saturated rings. The summed E-state index contributed by atoms with van der Waals surface area (Å²) in [4.78, 5) is 23.7. The smallest absolute Gasteiger partial charge is 0.252 e. The van der Waals surface area contributed by atoms with Gasteiger partial charge in [0.2, 0.25) is 5.91 Å². The normalized spacial score (nSPS) is 11.5. The third kappa shape index (κ3) is 4.26. The van der Waals surface area contributed by atoms with E-state index < -0.39 is 11.9 Å². The molecule has 116 valence electrons. The zero-order chi connectivity index (χ0) is 16.0. The van der Waals surface area contributed by atoms with Gasteiger partial charge >= 0.3 is 0 Å². The van der Waals surface area contributed by atoms with Crippen LogP contribution in [-0.4, -0.2) is 38.6 Å². The van der Waals surface area contributed by atoms with Crippen molar-refractivity contribution in [3.05, 3.63) is 22.7 Å². The molecule has 0 aliphatic carbocycles. The van der Waals surface area contributed by atoms with Crippen molar-refractivity contribution in [2.75, 3.05) is 20.8 Å². The molecule has 0 saturated carbocycles. The first-order valence-electron chi connectivity index (χ1n) is 6.44. The topological polar surface area (TPSA) is 76.7 Å². The summed E-state index contributed by atoms with van der Waals surface area (Å²) < 4.78 is 10.2. The highest BCUT2D eigenvalue weighted by atomic mass is 35.5. The number of carbonyl (C=O) groups is 2. The number of hydrogen-bond acceptors (Lipinski definition) is 4. The van der Waals surface area contributed by atoms with E-state index in [4.69, 9.17) is 21.1 Å². The molecule has 0 aliphatic rings.